The van der Waals surface area contributed by atoms with Crippen LogP contribution in [0.5, 0.6) is 5.75 Å². The molecule has 0 heterocycles. The second kappa shape index (κ2) is 6.31. The van der Waals surface area contributed by atoms with Crippen molar-refractivity contribution in [2.45, 2.75) is 0 Å². The Morgan fingerprint density at radius 3 is 1.81 bits per heavy atom. The van der Waals surface area contributed by atoms with Gasteiger partial charge in [-0.2, -0.15) is 0 Å². The summed E-state index contributed by atoms with van der Waals surface area (Å²) in [7, 11) is 0. The molecule has 0 aliphatic rings. The largest absolute Gasteiger partial charge is 0.506 e. The molecule has 0 aliphatic heterocycles. The van der Waals surface area contributed by atoms with Crippen LogP contribution in [0.3, 0.4) is 0 Å². The predicted octanol–water partition coefficient (Wildman–Crippen LogP) is 2.46. The molecule has 0 atom stereocenters. The van der Waals surface area contributed by atoms with Gasteiger partial charge in [0.15, 0.2) is 0 Å². The van der Waals surface area contributed by atoms with E-state index in [2.05, 4.69) is 0 Å². The highest BCUT2D eigenvalue weighted by Crippen LogP contribution is 2.16. The quantitative estimate of drug-likeness (QED) is 0.337. The van der Waals surface area contributed by atoms with Gasteiger partial charge in [0.1, 0.15) is 5.75 Å². The summed E-state index contributed by atoms with van der Waals surface area (Å²) < 4.78 is 0. The monoisotopic (exact) mass is 218 g/mol. The first-order valence-corrected chi connectivity index (χ1v) is 4.72. The molecule has 4 heteroatoms. The van der Waals surface area contributed by atoms with Gasteiger partial charge >= 0.3 is 0 Å². The zero-order valence-corrected chi connectivity index (χ0v) is 8.67. The van der Waals surface area contributed by atoms with Gasteiger partial charge in [-0.3, -0.25) is 10.7 Å². The standard InChI is InChI=1S/2C6H7NO/c8-7-6-4-2-1-3-5-6;7-5-3-1-2-4-6(5)8/h1-5,7-8H;1-4,8H,7H2. The summed E-state index contributed by atoms with van der Waals surface area (Å²) in [5.74, 6) is 0.146. The Bertz CT molecular complexity index is 397. The van der Waals surface area contributed by atoms with Crippen LogP contribution in [0, 0.1) is 0 Å². The van der Waals surface area contributed by atoms with Crippen molar-refractivity contribution in [1.29, 1.82) is 0 Å². The lowest BCUT2D eigenvalue weighted by atomic mass is 10.3. The molecule has 5 N–H and O–H groups in total. The van der Waals surface area contributed by atoms with E-state index in [9.17, 15) is 0 Å². The molecule has 0 amide bonds. The van der Waals surface area contributed by atoms with E-state index in [-0.39, 0.29) is 5.75 Å². The van der Waals surface area contributed by atoms with Gasteiger partial charge in [-0.15, -0.1) is 0 Å². The third-order valence-corrected chi connectivity index (χ3v) is 1.84. The van der Waals surface area contributed by atoms with Gasteiger partial charge in [0.05, 0.1) is 11.4 Å². The number of rotatable bonds is 1. The molecule has 0 unspecified atom stereocenters. The predicted molar refractivity (Wildman–Crippen MR) is 64.4 cm³/mol. The number of phenolic OH excluding ortho intramolecular Hbond substituents is 1. The molecule has 4 nitrogen and oxygen atoms in total. The molecule has 0 saturated carbocycles. The summed E-state index contributed by atoms with van der Waals surface area (Å²) in [6.07, 6.45) is 0. The van der Waals surface area contributed by atoms with Crippen LogP contribution in [0.2, 0.25) is 0 Å². The van der Waals surface area contributed by atoms with Gasteiger partial charge in [0, 0.05) is 0 Å². The van der Waals surface area contributed by atoms with Gasteiger partial charge in [0.25, 0.3) is 0 Å². The Balaban J connectivity index is 0.000000160. The highest BCUT2D eigenvalue weighted by atomic mass is 16.5. The smallest absolute Gasteiger partial charge is 0.138 e. The number of nitrogens with one attached hydrogen (secondary N) is 1. The maximum atomic E-state index is 8.79. The van der Waals surface area contributed by atoms with Crippen LogP contribution in [0.4, 0.5) is 11.4 Å². The number of benzene rings is 2. The number of aromatic hydroxyl groups is 1. The minimum absolute atomic E-state index is 0.146. The third-order valence-electron chi connectivity index (χ3n) is 1.84. The molecular formula is C12H14N2O2. The summed E-state index contributed by atoms with van der Waals surface area (Å²) in [6.45, 7) is 0. The van der Waals surface area contributed by atoms with Crippen molar-refractivity contribution in [2.24, 2.45) is 0 Å². The summed E-state index contributed by atoms with van der Waals surface area (Å²) in [6, 6.07) is 15.8. The summed E-state index contributed by atoms with van der Waals surface area (Å²) in [5, 5.41) is 17.1. The van der Waals surface area contributed by atoms with E-state index in [0.717, 1.165) is 0 Å². The third kappa shape index (κ3) is 3.89. The first kappa shape index (κ1) is 11.9. The second-order valence-electron chi connectivity index (χ2n) is 3.04. The maximum Gasteiger partial charge on any atom is 0.138 e. The lowest BCUT2D eigenvalue weighted by Crippen LogP contribution is -1.85. The Morgan fingerprint density at radius 2 is 1.44 bits per heavy atom. The van der Waals surface area contributed by atoms with E-state index < -0.39 is 0 Å². The lowest BCUT2D eigenvalue weighted by Gasteiger charge is -1.92. The van der Waals surface area contributed by atoms with Crippen molar-refractivity contribution in [2.75, 3.05) is 11.2 Å². The van der Waals surface area contributed by atoms with Gasteiger partial charge < -0.3 is 10.8 Å². The average molecular weight is 218 g/mol. The fourth-order valence-electron chi connectivity index (χ4n) is 1.00. The Hall–Kier alpha value is -2.20. The van der Waals surface area contributed by atoms with Crippen LogP contribution in [0.25, 0.3) is 0 Å². The summed E-state index contributed by atoms with van der Waals surface area (Å²) in [4.78, 5) is 0. The molecule has 0 saturated heterocycles. The molecule has 2 rings (SSSR count). The van der Waals surface area contributed by atoms with Crippen LogP contribution < -0.4 is 11.2 Å². The van der Waals surface area contributed by atoms with Crippen LogP contribution in [0.15, 0.2) is 54.6 Å². The second-order valence-corrected chi connectivity index (χ2v) is 3.04. The van der Waals surface area contributed by atoms with Crippen LogP contribution >= 0.6 is 0 Å². The van der Waals surface area contributed by atoms with Gasteiger partial charge in [-0.1, -0.05) is 30.3 Å². The van der Waals surface area contributed by atoms with Gasteiger partial charge in [-0.25, -0.2) is 0 Å². The SMILES string of the molecule is Nc1ccccc1O.ONc1ccccc1. The van der Waals surface area contributed by atoms with Crippen molar-refractivity contribution in [3.05, 3.63) is 54.6 Å². The van der Waals surface area contributed by atoms with Crippen molar-refractivity contribution in [3.8, 4) is 5.75 Å². The van der Waals surface area contributed by atoms with E-state index in [1.165, 1.54) is 0 Å². The number of nitrogens with two attached hydrogens (primary N) is 1. The molecule has 0 aromatic heterocycles. The summed E-state index contributed by atoms with van der Waals surface area (Å²) >= 11 is 0. The van der Waals surface area contributed by atoms with Gasteiger partial charge in [0.2, 0.25) is 0 Å². The van der Waals surface area contributed by atoms with Crippen molar-refractivity contribution in [3.63, 3.8) is 0 Å². The number of nitrogen functional groups attached to an aromatic ring is 1. The minimum atomic E-state index is 0.146. The number of para-hydroxylation sites is 3. The van der Waals surface area contributed by atoms with Crippen molar-refractivity contribution in [1.82, 2.24) is 0 Å². The zero-order chi connectivity index (χ0) is 11.8. The molecule has 84 valence electrons. The van der Waals surface area contributed by atoms with E-state index in [0.29, 0.717) is 11.4 Å². The molecule has 2 aromatic rings. The van der Waals surface area contributed by atoms with Crippen molar-refractivity contribution < 1.29 is 10.3 Å². The van der Waals surface area contributed by atoms with E-state index in [1.807, 2.05) is 23.7 Å². The molecule has 0 spiro atoms. The van der Waals surface area contributed by atoms with E-state index in [1.54, 1.807) is 36.4 Å². The van der Waals surface area contributed by atoms with Gasteiger partial charge in [-0.05, 0) is 24.3 Å². The van der Waals surface area contributed by atoms with E-state index in [4.69, 9.17) is 16.0 Å². The van der Waals surface area contributed by atoms with Crippen LogP contribution in [-0.4, -0.2) is 10.3 Å². The molecule has 0 aliphatic carbocycles. The zero-order valence-electron chi connectivity index (χ0n) is 8.67. The first-order valence-electron chi connectivity index (χ1n) is 4.72. The lowest BCUT2D eigenvalue weighted by molar-refractivity contribution is 0.389. The molecule has 2 aromatic carbocycles. The van der Waals surface area contributed by atoms with Crippen molar-refractivity contribution >= 4 is 11.4 Å². The average Bonchev–Trinajstić information content (AvgIpc) is 2.35. The molecular weight excluding hydrogens is 204 g/mol. The fourth-order valence-corrected chi connectivity index (χ4v) is 1.00. The Labute approximate surface area is 93.9 Å². The Morgan fingerprint density at radius 1 is 0.875 bits per heavy atom. The molecule has 0 bridgehead atoms. The number of anilines is 2. The molecule has 0 fully saturated rings. The highest BCUT2D eigenvalue weighted by molar-refractivity contribution is 5.50. The van der Waals surface area contributed by atoms with Crippen LogP contribution in [-0.2, 0) is 0 Å². The number of phenols is 1. The topological polar surface area (TPSA) is 78.5 Å². The maximum absolute atomic E-state index is 8.79. The van der Waals surface area contributed by atoms with Crippen LogP contribution in [0.1, 0.15) is 0 Å². The molecule has 0 radical (unpaired) electrons. The number of hydrogen-bond donors (Lipinski definition) is 4. The Kier molecular flexibility index (Phi) is 4.69. The highest BCUT2D eigenvalue weighted by Gasteiger charge is 1.87. The minimum Gasteiger partial charge on any atom is -0.506 e. The van der Waals surface area contributed by atoms with E-state index >= 15 is 0 Å². The normalized spacial score (nSPS) is 8.81. The molecule has 16 heavy (non-hydrogen) atoms. The first-order chi connectivity index (χ1) is 7.74. The fraction of sp³-hybridized carbons (Fsp3) is 0. The summed E-state index contributed by atoms with van der Waals surface area (Å²) in [5.41, 5.74) is 8.44. The number of hydrogen-bond acceptors (Lipinski definition) is 4.